The molecule has 0 radical (unpaired) electrons. The lowest BCUT2D eigenvalue weighted by Crippen LogP contribution is -2.39. The number of hydrogen-bond donors (Lipinski definition) is 1. The molecular formula is C17H22ClN5. The Labute approximate surface area is 142 Å². The van der Waals surface area contributed by atoms with E-state index in [-0.39, 0.29) is 0 Å². The SMILES string of the molecule is CN=C(NCc1ccccc1Cl)N1CCC(c2cnn(C)c2)C1. The lowest BCUT2D eigenvalue weighted by molar-refractivity contribution is 0.486. The second-order valence-corrected chi connectivity index (χ2v) is 6.28. The molecule has 1 unspecified atom stereocenters. The third-order valence-electron chi connectivity index (χ3n) is 4.29. The zero-order chi connectivity index (χ0) is 16.2. The molecule has 1 saturated heterocycles. The van der Waals surface area contributed by atoms with Gasteiger partial charge in [-0.25, -0.2) is 0 Å². The van der Waals surface area contributed by atoms with Crippen molar-refractivity contribution in [1.82, 2.24) is 20.0 Å². The highest BCUT2D eigenvalue weighted by Gasteiger charge is 2.26. The van der Waals surface area contributed by atoms with Gasteiger partial charge in [-0.3, -0.25) is 9.67 Å². The van der Waals surface area contributed by atoms with E-state index in [0.29, 0.717) is 12.5 Å². The number of aliphatic imine (C=N–C) groups is 1. The lowest BCUT2D eigenvalue weighted by Gasteiger charge is -2.21. The van der Waals surface area contributed by atoms with Crippen LogP contribution in [0.1, 0.15) is 23.5 Å². The van der Waals surface area contributed by atoms with Gasteiger partial charge in [-0.2, -0.15) is 5.10 Å². The van der Waals surface area contributed by atoms with Gasteiger partial charge in [-0.05, 0) is 23.6 Å². The topological polar surface area (TPSA) is 45.5 Å². The van der Waals surface area contributed by atoms with Gasteiger partial charge in [0.1, 0.15) is 0 Å². The van der Waals surface area contributed by atoms with Gasteiger partial charge < -0.3 is 10.2 Å². The van der Waals surface area contributed by atoms with Gasteiger partial charge in [-0.1, -0.05) is 29.8 Å². The van der Waals surface area contributed by atoms with E-state index in [1.165, 1.54) is 5.56 Å². The summed E-state index contributed by atoms with van der Waals surface area (Å²) < 4.78 is 1.86. The van der Waals surface area contributed by atoms with Crippen LogP contribution in [-0.4, -0.2) is 40.8 Å². The molecule has 1 fully saturated rings. The summed E-state index contributed by atoms with van der Waals surface area (Å²) in [5, 5.41) is 8.47. The normalized spacial score (nSPS) is 18.5. The van der Waals surface area contributed by atoms with Gasteiger partial charge in [-0.15, -0.1) is 0 Å². The van der Waals surface area contributed by atoms with Gasteiger partial charge in [0, 0.05) is 50.9 Å². The van der Waals surface area contributed by atoms with Crippen molar-refractivity contribution in [2.75, 3.05) is 20.1 Å². The monoisotopic (exact) mass is 331 g/mol. The fourth-order valence-electron chi connectivity index (χ4n) is 3.02. The number of halogens is 1. The first-order valence-electron chi connectivity index (χ1n) is 7.85. The molecule has 3 rings (SSSR count). The second kappa shape index (κ2) is 7.04. The number of nitrogens with one attached hydrogen (secondary N) is 1. The highest BCUT2D eigenvalue weighted by Crippen LogP contribution is 2.26. The summed E-state index contributed by atoms with van der Waals surface area (Å²) in [5.41, 5.74) is 2.38. The van der Waals surface area contributed by atoms with Crippen LogP contribution in [-0.2, 0) is 13.6 Å². The summed E-state index contributed by atoms with van der Waals surface area (Å²) in [6.45, 7) is 2.65. The molecule has 0 amide bonds. The summed E-state index contributed by atoms with van der Waals surface area (Å²) in [6.07, 6.45) is 5.20. The zero-order valence-corrected chi connectivity index (χ0v) is 14.3. The van der Waals surface area contributed by atoms with Crippen molar-refractivity contribution < 1.29 is 0 Å². The Bertz CT molecular complexity index is 694. The quantitative estimate of drug-likeness (QED) is 0.694. The van der Waals surface area contributed by atoms with Crippen molar-refractivity contribution in [3.63, 3.8) is 0 Å². The maximum absolute atomic E-state index is 6.21. The van der Waals surface area contributed by atoms with Crippen LogP contribution in [0.2, 0.25) is 5.02 Å². The van der Waals surface area contributed by atoms with Crippen LogP contribution in [0, 0.1) is 0 Å². The molecule has 1 aromatic heterocycles. The van der Waals surface area contributed by atoms with E-state index >= 15 is 0 Å². The molecule has 2 heterocycles. The Morgan fingerprint density at radius 3 is 2.96 bits per heavy atom. The van der Waals surface area contributed by atoms with E-state index in [1.54, 1.807) is 0 Å². The van der Waals surface area contributed by atoms with Crippen molar-refractivity contribution >= 4 is 17.6 Å². The van der Waals surface area contributed by atoms with E-state index in [2.05, 4.69) is 26.5 Å². The lowest BCUT2D eigenvalue weighted by atomic mass is 10.0. The van der Waals surface area contributed by atoms with Gasteiger partial charge >= 0.3 is 0 Å². The number of rotatable bonds is 3. The van der Waals surface area contributed by atoms with Gasteiger partial charge in [0.25, 0.3) is 0 Å². The zero-order valence-electron chi connectivity index (χ0n) is 13.5. The standard InChI is InChI=1S/C17H22ClN5/c1-19-17(20-9-13-5-3-4-6-16(13)18)23-8-7-14(12-23)15-10-21-22(2)11-15/h3-6,10-11,14H,7-9,12H2,1-2H3,(H,19,20). The largest absolute Gasteiger partial charge is 0.352 e. The van der Waals surface area contributed by atoms with Crippen molar-refractivity contribution in [2.45, 2.75) is 18.9 Å². The average Bonchev–Trinajstić information content (AvgIpc) is 3.19. The number of guanidine groups is 1. The molecule has 0 aliphatic carbocycles. The fraction of sp³-hybridized carbons (Fsp3) is 0.412. The molecule has 1 N–H and O–H groups in total. The van der Waals surface area contributed by atoms with Crippen LogP contribution >= 0.6 is 11.6 Å². The minimum Gasteiger partial charge on any atom is -0.352 e. The van der Waals surface area contributed by atoms with E-state index in [4.69, 9.17) is 11.6 Å². The Kier molecular flexibility index (Phi) is 4.86. The minimum atomic E-state index is 0.516. The predicted octanol–water partition coefficient (Wildman–Crippen LogP) is 2.64. The summed E-state index contributed by atoms with van der Waals surface area (Å²) in [6, 6.07) is 7.89. The van der Waals surface area contributed by atoms with Crippen LogP contribution in [0.3, 0.4) is 0 Å². The molecule has 1 aromatic carbocycles. The van der Waals surface area contributed by atoms with Crippen molar-refractivity contribution in [2.24, 2.45) is 12.0 Å². The van der Waals surface area contributed by atoms with Crippen LogP contribution in [0.5, 0.6) is 0 Å². The molecule has 1 atom stereocenters. The first-order chi connectivity index (χ1) is 11.2. The average molecular weight is 332 g/mol. The van der Waals surface area contributed by atoms with Crippen molar-refractivity contribution in [1.29, 1.82) is 0 Å². The number of hydrogen-bond acceptors (Lipinski definition) is 2. The molecule has 0 spiro atoms. The third kappa shape index (κ3) is 3.67. The highest BCUT2D eigenvalue weighted by molar-refractivity contribution is 6.31. The van der Waals surface area contributed by atoms with Crippen molar-refractivity contribution in [3.8, 4) is 0 Å². The summed E-state index contributed by atoms with van der Waals surface area (Å²) in [7, 11) is 3.78. The molecule has 23 heavy (non-hydrogen) atoms. The Morgan fingerprint density at radius 2 is 2.26 bits per heavy atom. The van der Waals surface area contributed by atoms with E-state index in [9.17, 15) is 0 Å². The van der Waals surface area contributed by atoms with E-state index in [0.717, 1.165) is 36.1 Å². The summed E-state index contributed by atoms with van der Waals surface area (Å²) >= 11 is 6.21. The molecule has 2 aromatic rings. The van der Waals surface area contributed by atoms with E-state index < -0.39 is 0 Å². The minimum absolute atomic E-state index is 0.516. The second-order valence-electron chi connectivity index (χ2n) is 5.87. The highest BCUT2D eigenvalue weighted by atomic mass is 35.5. The third-order valence-corrected chi connectivity index (χ3v) is 4.66. The molecule has 5 nitrogen and oxygen atoms in total. The molecular weight excluding hydrogens is 310 g/mol. The Balaban J connectivity index is 1.60. The molecule has 0 bridgehead atoms. The van der Waals surface area contributed by atoms with Crippen LogP contribution in [0.15, 0.2) is 41.7 Å². The Hall–Kier alpha value is -2.01. The Morgan fingerprint density at radius 1 is 1.43 bits per heavy atom. The predicted molar refractivity (Wildman–Crippen MR) is 93.8 cm³/mol. The number of aromatic nitrogens is 2. The fourth-order valence-corrected chi connectivity index (χ4v) is 3.23. The maximum Gasteiger partial charge on any atom is 0.193 e. The van der Waals surface area contributed by atoms with Gasteiger partial charge in [0.15, 0.2) is 5.96 Å². The maximum atomic E-state index is 6.21. The van der Waals surface area contributed by atoms with Crippen LogP contribution < -0.4 is 5.32 Å². The first-order valence-corrected chi connectivity index (χ1v) is 8.22. The van der Waals surface area contributed by atoms with Crippen LogP contribution in [0.4, 0.5) is 0 Å². The molecule has 1 aliphatic rings. The van der Waals surface area contributed by atoms with E-state index in [1.807, 2.05) is 49.2 Å². The smallest absolute Gasteiger partial charge is 0.193 e. The molecule has 0 saturated carbocycles. The summed E-state index contributed by atoms with van der Waals surface area (Å²) in [4.78, 5) is 6.72. The first kappa shape index (κ1) is 15.9. The number of likely N-dealkylation sites (tertiary alicyclic amines) is 1. The van der Waals surface area contributed by atoms with Gasteiger partial charge in [0.2, 0.25) is 0 Å². The molecule has 122 valence electrons. The number of aryl methyl sites for hydroxylation is 1. The van der Waals surface area contributed by atoms with Crippen molar-refractivity contribution in [3.05, 3.63) is 52.8 Å². The molecule has 6 heteroatoms. The molecule has 1 aliphatic heterocycles. The summed E-state index contributed by atoms with van der Waals surface area (Å²) in [5.74, 6) is 1.44. The van der Waals surface area contributed by atoms with Crippen LogP contribution in [0.25, 0.3) is 0 Å². The number of benzene rings is 1. The van der Waals surface area contributed by atoms with Gasteiger partial charge in [0.05, 0.1) is 6.20 Å². The number of nitrogens with zero attached hydrogens (tertiary/aromatic N) is 4.